The van der Waals surface area contributed by atoms with Crippen molar-refractivity contribution in [3.63, 3.8) is 0 Å². The van der Waals surface area contributed by atoms with Crippen LogP contribution < -0.4 is 10.2 Å². The van der Waals surface area contributed by atoms with Crippen LogP contribution in [0.2, 0.25) is 0 Å². The van der Waals surface area contributed by atoms with Gasteiger partial charge in [-0.25, -0.2) is 0 Å². The molecule has 1 aromatic carbocycles. The number of piperidine rings is 1. The number of hydrogen-bond acceptors (Lipinski definition) is 2. The van der Waals surface area contributed by atoms with Crippen LogP contribution in [0.3, 0.4) is 0 Å². The standard InChI is InChI=1S/C16H24N2/c1-12-6-5-11-18(13(12)2)15-9-3-7-14-8-4-10-17-16(14)15/h3,7,9,12-13,17H,4-6,8,10-11H2,1-2H3. The number of para-hydroxylation sites is 1. The van der Waals surface area contributed by atoms with E-state index in [1.807, 2.05) is 0 Å². The van der Waals surface area contributed by atoms with Crippen LogP contribution in [-0.4, -0.2) is 19.1 Å². The summed E-state index contributed by atoms with van der Waals surface area (Å²) in [6, 6.07) is 7.47. The van der Waals surface area contributed by atoms with Crippen LogP contribution in [0.5, 0.6) is 0 Å². The summed E-state index contributed by atoms with van der Waals surface area (Å²) in [6.07, 6.45) is 5.20. The van der Waals surface area contributed by atoms with Gasteiger partial charge >= 0.3 is 0 Å². The molecule has 0 amide bonds. The summed E-state index contributed by atoms with van der Waals surface area (Å²) in [4.78, 5) is 2.62. The number of aryl methyl sites for hydroxylation is 1. The van der Waals surface area contributed by atoms with Crippen molar-refractivity contribution < 1.29 is 0 Å². The van der Waals surface area contributed by atoms with E-state index in [0.29, 0.717) is 6.04 Å². The van der Waals surface area contributed by atoms with Gasteiger partial charge in [-0.2, -0.15) is 0 Å². The second-order valence-corrected chi connectivity index (χ2v) is 5.90. The molecule has 0 bridgehead atoms. The minimum absolute atomic E-state index is 0.661. The number of fused-ring (bicyclic) bond motifs is 1. The topological polar surface area (TPSA) is 15.3 Å². The van der Waals surface area contributed by atoms with Crippen molar-refractivity contribution in [1.82, 2.24) is 0 Å². The molecule has 3 rings (SSSR count). The van der Waals surface area contributed by atoms with E-state index < -0.39 is 0 Å². The van der Waals surface area contributed by atoms with Gasteiger partial charge in [0, 0.05) is 19.1 Å². The molecule has 98 valence electrons. The fraction of sp³-hybridized carbons (Fsp3) is 0.625. The number of hydrogen-bond donors (Lipinski definition) is 1. The average molecular weight is 244 g/mol. The third-order valence-corrected chi connectivity index (χ3v) is 4.74. The molecular formula is C16H24N2. The van der Waals surface area contributed by atoms with Gasteiger partial charge in [0.15, 0.2) is 0 Å². The maximum absolute atomic E-state index is 3.62. The Morgan fingerprint density at radius 2 is 2.11 bits per heavy atom. The Morgan fingerprint density at radius 3 is 3.00 bits per heavy atom. The second-order valence-electron chi connectivity index (χ2n) is 5.90. The smallest absolute Gasteiger partial charge is 0.0610 e. The third-order valence-electron chi connectivity index (χ3n) is 4.74. The minimum atomic E-state index is 0.661. The van der Waals surface area contributed by atoms with Crippen LogP contribution in [0.25, 0.3) is 0 Å². The first-order valence-electron chi connectivity index (χ1n) is 7.40. The van der Waals surface area contributed by atoms with E-state index in [-0.39, 0.29) is 0 Å². The molecule has 2 aliphatic heterocycles. The van der Waals surface area contributed by atoms with Crippen LogP contribution >= 0.6 is 0 Å². The summed E-state index contributed by atoms with van der Waals surface area (Å²) in [5.41, 5.74) is 4.35. The summed E-state index contributed by atoms with van der Waals surface area (Å²) in [6.45, 7) is 7.11. The lowest BCUT2D eigenvalue weighted by molar-refractivity contribution is 0.363. The summed E-state index contributed by atoms with van der Waals surface area (Å²) in [5, 5.41) is 3.62. The molecule has 1 N–H and O–H groups in total. The largest absolute Gasteiger partial charge is 0.383 e. The summed E-state index contributed by atoms with van der Waals surface area (Å²) in [7, 11) is 0. The molecule has 1 saturated heterocycles. The molecule has 0 saturated carbocycles. The lowest BCUT2D eigenvalue weighted by atomic mass is 9.90. The number of rotatable bonds is 1. The third kappa shape index (κ3) is 1.98. The van der Waals surface area contributed by atoms with Crippen LogP contribution in [0.1, 0.15) is 38.7 Å². The fourth-order valence-corrected chi connectivity index (χ4v) is 3.41. The highest BCUT2D eigenvalue weighted by Gasteiger charge is 2.27. The van der Waals surface area contributed by atoms with E-state index in [2.05, 4.69) is 42.3 Å². The zero-order chi connectivity index (χ0) is 12.5. The van der Waals surface area contributed by atoms with Gasteiger partial charge in [0.1, 0.15) is 0 Å². The first-order valence-corrected chi connectivity index (χ1v) is 7.40. The van der Waals surface area contributed by atoms with Gasteiger partial charge in [0.2, 0.25) is 0 Å². The van der Waals surface area contributed by atoms with Crippen molar-refractivity contribution >= 4 is 11.4 Å². The van der Waals surface area contributed by atoms with E-state index in [0.717, 1.165) is 12.5 Å². The lowest BCUT2D eigenvalue weighted by Crippen LogP contribution is -2.43. The molecule has 1 aromatic rings. The highest BCUT2D eigenvalue weighted by molar-refractivity contribution is 5.75. The maximum Gasteiger partial charge on any atom is 0.0610 e. The Bertz CT molecular complexity index is 427. The Morgan fingerprint density at radius 1 is 1.22 bits per heavy atom. The molecular weight excluding hydrogens is 220 g/mol. The predicted octanol–water partition coefficient (Wildman–Crippen LogP) is 3.67. The van der Waals surface area contributed by atoms with Crippen LogP contribution in [-0.2, 0) is 6.42 Å². The maximum atomic E-state index is 3.62. The van der Waals surface area contributed by atoms with Gasteiger partial charge in [-0.05, 0) is 50.2 Å². The Kier molecular flexibility index (Phi) is 3.19. The number of nitrogens with one attached hydrogen (secondary N) is 1. The molecule has 2 atom stereocenters. The molecule has 0 aromatic heterocycles. The SMILES string of the molecule is CC1CCCN(c2cccc3c2NCCC3)C1C. The van der Waals surface area contributed by atoms with E-state index in [1.165, 1.54) is 49.2 Å². The zero-order valence-corrected chi connectivity index (χ0v) is 11.6. The summed E-state index contributed by atoms with van der Waals surface area (Å²) < 4.78 is 0. The van der Waals surface area contributed by atoms with Gasteiger partial charge in [0.25, 0.3) is 0 Å². The first-order chi connectivity index (χ1) is 8.77. The number of nitrogens with zero attached hydrogens (tertiary/aromatic N) is 1. The van der Waals surface area contributed by atoms with Gasteiger partial charge < -0.3 is 10.2 Å². The highest BCUT2D eigenvalue weighted by atomic mass is 15.2. The zero-order valence-electron chi connectivity index (χ0n) is 11.6. The van der Waals surface area contributed by atoms with Crippen LogP contribution in [0, 0.1) is 5.92 Å². The van der Waals surface area contributed by atoms with Crippen LogP contribution in [0.15, 0.2) is 18.2 Å². The van der Waals surface area contributed by atoms with Crippen molar-refractivity contribution in [3.05, 3.63) is 23.8 Å². The monoisotopic (exact) mass is 244 g/mol. The molecule has 2 heteroatoms. The molecule has 2 nitrogen and oxygen atoms in total. The van der Waals surface area contributed by atoms with Gasteiger partial charge in [-0.15, -0.1) is 0 Å². The molecule has 1 fully saturated rings. The lowest BCUT2D eigenvalue weighted by Gasteiger charge is -2.41. The quantitative estimate of drug-likeness (QED) is 0.811. The van der Waals surface area contributed by atoms with Gasteiger partial charge in [-0.3, -0.25) is 0 Å². The first kappa shape index (κ1) is 11.9. The molecule has 2 aliphatic rings. The van der Waals surface area contributed by atoms with Gasteiger partial charge in [-0.1, -0.05) is 19.1 Å². The normalized spacial score (nSPS) is 27.6. The number of anilines is 2. The molecule has 0 aliphatic carbocycles. The Hall–Kier alpha value is -1.18. The second kappa shape index (κ2) is 4.83. The van der Waals surface area contributed by atoms with Crippen molar-refractivity contribution in [2.45, 2.75) is 45.6 Å². The molecule has 2 unspecified atom stereocenters. The summed E-state index contributed by atoms with van der Waals surface area (Å²) >= 11 is 0. The van der Waals surface area contributed by atoms with Gasteiger partial charge in [0.05, 0.1) is 11.4 Å². The minimum Gasteiger partial charge on any atom is -0.383 e. The predicted molar refractivity (Wildman–Crippen MR) is 78.5 cm³/mol. The van der Waals surface area contributed by atoms with Crippen molar-refractivity contribution in [1.29, 1.82) is 0 Å². The van der Waals surface area contributed by atoms with E-state index >= 15 is 0 Å². The number of benzene rings is 1. The highest BCUT2D eigenvalue weighted by Crippen LogP contribution is 2.37. The molecule has 0 spiro atoms. The van der Waals surface area contributed by atoms with E-state index in [4.69, 9.17) is 0 Å². The molecule has 2 heterocycles. The van der Waals surface area contributed by atoms with Crippen molar-refractivity contribution in [3.8, 4) is 0 Å². The molecule has 0 radical (unpaired) electrons. The molecule has 18 heavy (non-hydrogen) atoms. The Balaban J connectivity index is 1.96. The van der Waals surface area contributed by atoms with E-state index in [9.17, 15) is 0 Å². The van der Waals surface area contributed by atoms with Crippen molar-refractivity contribution in [2.24, 2.45) is 5.92 Å². The Labute approximate surface area is 110 Å². The fourth-order valence-electron chi connectivity index (χ4n) is 3.41. The average Bonchev–Trinajstić information content (AvgIpc) is 2.41. The summed E-state index contributed by atoms with van der Waals surface area (Å²) in [5.74, 6) is 0.804. The van der Waals surface area contributed by atoms with Crippen LogP contribution in [0.4, 0.5) is 11.4 Å². The van der Waals surface area contributed by atoms with E-state index in [1.54, 1.807) is 0 Å². The van der Waals surface area contributed by atoms with Crippen molar-refractivity contribution in [2.75, 3.05) is 23.3 Å².